The molecule has 0 unspecified atom stereocenters. The second kappa shape index (κ2) is 6.83. The van der Waals surface area contributed by atoms with Crippen molar-refractivity contribution in [1.82, 2.24) is 14.8 Å². The monoisotopic (exact) mass is 317 g/mol. The fourth-order valence-corrected chi connectivity index (χ4v) is 3.15. The van der Waals surface area contributed by atoms with Crippen LogP contribution in [0.25, 0.3) is 0 Å². The van der Waals surface area contributed by atoms with Gasteiger partial charge >= 0.3 is 0 Å². The van der Waals surface area contributed by atoms with E-state index in [9.17, 15) is 4.79 Å². The Morgan fingerprint density at radius 2 is 2.00 bits per heavy atom. The normalized spacial score (nSPS) is 14.3. The summed E-state index contributed by atoms with van der Waals surface area (Å²) < 4.78 is 1.79. The highest BCUT2D eigenvalue weighted by molar-refractivity contribution is 7.99. The molecule has 2 heterocycles. The lowest BCUT2D eigenvalue weighted by molar-refractivity contribution is -0.113. The first-order valence-electron chi connectivity index (χ1n) is 7.34. The topological polar surface area (TPSA) is 63.1 Å². The molecule has 116 valence electrons. The van der Waals surface area contributed by atoms with E-state index in [0.717, 1.165) is 23.9 Å². The lowest BCUT2D eigenvalue weighted by Crippen LogP contribution is -2.18. The lowest BCUT2D eigenvalue weighted by Gasteiger charge is -2.17. The van der Waals surface area contributed by atoms with E-state index in [4.69, 9.17) is 0 Å². The average molecular weight is 317 g/mol. The van der Waals surface area contributed by atoms with Crippen LogP contribution in [0.2, 0.25) is 0 Å². The molecule has 1 saturated heterocycles. The van der Waals surface area contributed by atoms with Crippen LogP contribution in [0.15, 0.2) is 35.7 Å². The quantitative estimate of drug-likeness (QED) is 0.856. The lowest BCUT2D eigenvalue weighted by atomic mass is 10.2. The van der Waals surface area contributed by atoms with Crippen molar-refractivity contribution in [3.05, 3.63) is 30.6 Å². The predicted molar refractivity (Wildman–Crippen MR) is 88.2 cm³/mol. The molecule has 1 N–H and O–H groups in total. The van der Waals surface area contributed by atoms with Gasteiger partial charge in [0, 0.05) is 31.5 Å². The largest absolute Gasteiger partial charge is 0.372 e. The third-order valence-electron chi connectivity index (χ3n) is 3.62. The van der Waals surface area contributed by atoms with Crippen LogP contribution in [0.1, 0.15) is 12.8 Å². The zero-order valence-corrected chi connectivity index (χ0v) is 13.3. The molecule has 2 aromatic rings. The van der Waals surface area contributed by atoms with Crippen LogP contribution in [-0.4, -0.2) is 39.5 Å². The Balaban J connectivity index is 1.51. The highest BCUT2D eigenvalue weighted by atomic mass is 32.2. The molecule has 6 nitrogen and oxygen atoms in total. The third-order valence-corrected chi connectivity index (χ3v) is 4.66. The number of nitrogens with zero attached hydrogens (tertiary/aromatic N) is 4. The summed E-state index contributed by atoms with van der Waals surface area (Å²) in [6.45, 7) is 2.25. The highest BCUT2D eigenvalue weighted by Crippen LogP contribution is 2.22. The Morgan fingerprint density at radius 1 is 1.27 bits per heavy atom. The molecule has 1 aromatic heterocycles. The molecule has 22 heavy (non-hydrogen) atoms. The fourth-order valence-electron chi connectivity index (χ4n) is 2.46. The standard InChI is InChI=1S/C15H19N5OS/c1-19-11-16-18-15(19)22-10-14(21)17-12-4-6-13(7-5-12)20-8-2-3-9-20/h4-7,11H,2-3,8-10H2,1H3,(H,17,21). The molecular weight excluding hydrogens is 298 g/mol. The summed E-state index contributed by atoms with van der Waals surface area (Å²) in [5.74, 6) is 0.280. The second-order valence-corrected chi connectivity index (χ2v) is 6.24. The van der Waals surface area contributed by atoms with Crippen LogP contribution in [0.3, 0.4) is 0 Å². The van der Waals surface area contributed by atoms with E-state index >= 15 is 0 Å². The molecule has 1 fully saturated rings. The van der Waals surface area contributed by atoms with Crippen molar-refractivity contribution in [2.75, 3.05) is 29.1 Å². The van der Waals surface area contributed by atoms with Gasteiger partial charge in [-0.25, -0.2) is 0 Å². The summed E-state index contributed by atoms with van der Waals surface area (Å²) in [5, 5.41) is 11.4. The number of carbonyl (C=O) groups excluding carboxylic acids is 1. The van der Waals surface area contributed by atoms with Crippen LogP contribution in [0.5, 0.6) is 0 Å². The van der Waals surface area contributed by atoms with Gasteiger partial charge < -0.3 is 14.8 Å². The Labute approximate surface area is 133 Å². The van der Waals surface area contributed by atoms with Gasteiger partial charge in [0.1, 0.15) is 6.33 Å². The Hall–Kier alpha value is -2.02. The zero-order chi connectivity index (χ0) is 15.4. The minimum absolute atomic E-state index is 0.0399. The van der Waals surface area contributed by atoms with E-state index in [0.29, 0.717) is 5.75 Å². The van der Waals surface area contributed by atoms with Crippen LogP contribution < -0.4 is 10.2 Å². The van der Waals surface area contributed by atoms with Gasteiger partial charge in [0.25, 0.3) is 0 Å². The Bertz CT molecular complexity index is 634. The number of benzene rings is 1. The van der Waals surface area contributed by atoms with E-state index < -0.39 is 0 Å². The molecule has 1 aliphatic rings. The second-order valence-electron chi connectivity index (χ2n) is 5.30. The number of thioether (sulfide) groups is 1. The summed E-state index contributed by atoms with van der Waals surface area (Å²) in [4.78, 5) is 14.3. The summed E-state index contributed by atoms with van der Waals surface area (Å²) in [5.41, 5.74) is 2.05. The van der Waals surface area contributed by atoms with Gasteiger partial charge in [-0.2, -0.15) is 0 Å². The molecule has 0 atom stereocenters. The zero-order valence-electron chi connectivity index (χ0n) is 12.5. The molecule has 0 aliphatic carbocycles. The molecule has 1 aromatic carbocycles. The number of rotatable bonds is 5. The number of carbonyl (C=O) groups is 1. The maximum atomic E-state index is 12.0. The van der Waals surface area contributed by atoms with Gasteiger partial charge in [0.05, 0.1) is 5.75 Å². The van der Waals surface area contributed by atoms with Gasteiger partial charge in [0.15, 0.2) is 5.16 Å². The van der Waals surface area contributed by atoms with Crippen molar-refractivity contribution in [1.29, 1.82) is 0 Å². The molecule has 7 heteroatoms. The number of hydrogen-bond donors (Lipinski definition) is 1. The van der Waals surface area contributed by atoms with Crippen molar-refractivity contribution < 1.29 is 4.79 Å². The number of aryl methyl sites for hydroxylation is 1. The number of amides is 1. The Morgan fingerprint density at radius 3 is 2.64 bits per heavy atom. The first-order chi connectivity index (χ1) is 10.7. The number of anilines is 2. The van der Waals surface area contributed by atoms with E-state index in [2.05, 4.69) is 32.5 Å². The molecule has 0 bridgehead atoms. The van der Waals surface area contributed by atoms with E-state index in [1.165, 1.54) is 30.3 Å². The van der Waals surface area contributed by atoms with Crippen molar-refractivity contribution in [2.24, 2.45) is 7.05 Å². The third kappa shape index (κ3) is 3.59. The maximum Gasteiger partial charge on any atom is 0.234 e. The fraction of sp³-hybridized carbons (Fsp3) is 0.400. The summed E-state index contributed by atoms with van der Waals surface area (Å²) in [6.07, 6.45) is 4.15. The summed E-state index contributed by atoms with van der Waals surface area (Å²) in [6, 6.07) is 8.05. The summed E-state index contributed by atoms with van der Waals surface area (Å²) >= 11 is 1.37. The van der Waals surface area contributed by atoms with Gasteiger partial charge in [0.2, 0.25) is 5.91 Å². The van der Waals surface area contributed by atoms with Crippen LogP contribution >= 0.6 is 11.8 Å². The van der Waals surface area contributed by atoms with Crippen LogP contribution in [-0.2, 0) is 11.8 Å². The van der Waals surface area contributed by atoms with Crippen molar-refractivity contribution in [2.45, 2.75) is 18.0 Å². The average Bonchev–Trinajstić information content (AvgIpc) is 3.18. The molecule has 1 amide bonds. The number of nitrogens with one attached hydrogen (secondary N) is 1. The van der Waals surface area contributed by atoms with E-state index in [1.807, 2.05) is 19.2 Å². The highest BCUT2D eigenvalue weighted by Gasteiger charge is 2.12. The van der Waals surface area contributed by atoms with Gasteiger partial charge in [-0.05, 0) is 37.1 Å². The van der Waals surface area contributed by atoms with Gasteiger partial charge in [-0.15, -0.1) is 10.2 Å². The van der Waals surface area contributed by atoms with Gasteiger partial charge in [-0.1, -0.05) is 11.8 Å². The molecule has 0 spiro atoms. The smallest absolute Gasteiger partial charge is 0.234 e. The molecule has 0 radical (unpaired) electrons. The summed E-state index contributed by atoms with van der Waals surface area (Å²) in [7, 11) is 1.86. The van der Waals surface area contributed by atoms with E-state index in [1.54, 1.807) is 10.9 Å². The first kappa shape index (κ1) is 14.9. The minimum Gasteiger partial charge on any atom is -0.372 e. The minimum atomic E-state index is -0.0399. The maximum absolute atomic E-state index is 12.0. The van der Waals surface area contributed by atoms with Gasteiger partial charge in [-0.3, -0.25) is 4.79 Å². The Kier molecular flexibility index (Phi) is 4.62. The molecule has 1 aliphatic heterocycles. The predicted octanol–water partition coefficient (Wildman–Crippen LogP) is 2.15. The van der Waals surface area contributed by atoms with E-state index in [-0.39, 0.29) is 5.91 Å². The number of aromatic nitrogens is 3. The van der Waals surface area contributed by atoms with Crippen LogP contribution in [0.4, 0.5) is 11.4 Å². The molecule has 3 rings (SSSR count). The molecule has 0 saturated carbocycles. The first-order valence-corrected chi connectivity index (χ1v) is 8.32. The van der Waals surface area contributed by atoms with Crippen molar-refractivity contribution >= 4 is 29.0 Å². The van der Waals surface area contributed by atoms with Crippen molar-refractivity contribution in [3.8, 4) is 0 Å². The SMILES string of the molecule is Cn1cnnc1SCC(=O)Nc1ccc(N2CCCC2)cc1. The molecular formula is C15H19N5OS. The van der Waals surface area contributed by atoms with Crippen molar-refractivity contribution in [3.63, 3.8) is 0 Å². The van der Waals surface area contributed by atoms with Crippen LogP contribution in [0, 0.1) is 0 Å². The number of hydrogen-bond acceptors (Lipinski definition) is 5.